The maximum absolute atomic E-state index is 9.95. The summed E-state index contributed by atoms with van der Waals surface area (Å²) in [5, 5.41) is 3.48. The van der Waals surface area contributed by atoms with Gasteiger partial charge in [-0.15, -0.1) is 11.3 Å². The van der Waals surface area contributed by atoms with Crippen molar-refractivity contribution in [3.05, 3.63) is 107 Å². The summed E-state index contributed by atoms with van der Waals surface area (Å²) in [6, 6.07) is 20.6. The van der Waals surface area contributed by atoms with E-state index in [4.69, 9.17) is 0 Å². The maximum Gasteiger partial charge on any atom is 0.124 e. The highest BCUT2D eigenvalue weighted by Crippen LogP contribution is 2.42. The lowest BCUT2D eigenvalue weighted by molar-refractivity contribution is -0.107. The van der Waals surface area contributed by atoms with Crippen LogP contribution in [-0.2, 0) is 16.6 Å². The monoisotopic (exact) mass is 638 g/mol. The van der Waals surface area contributed by atoms with E-state index in [1.54, 1.807) is 23.3 Å². The number of aryl methyl sites for hydroxylation is 1. The zero-order chi connectivity index (χ0) is 31.3. The normalized spacial score (nSPS) is 19.8. The third-order valence-corrected chi connectivity index (χ3v) is 11.3. The molecule has 45 heavy (non-hydrogen) atoms. The van der Waals surface area contributed by atoms with Crippen LogP contribution >= 0.6 is 23.3 Å². The van der Waals surface area contributed by atoms with Gasteiger partial charge >= 0.3 is 0 Å². The number of aromatic nitrogens is 1. The number of nitrogens with zero attached hydrogens (tertiary/aromatic N) is 3. The average molecular weight is 639 g/mol. The summed E-state index contributed by atoms with van der Waals surface area (Å²) in [7, 11) is 4.40. The number of piperidine rings is 1. The summed E-state index contributed by atoms with van der Waals surface area (Å²) >= 11 is 3.75. The minimum absolute atomic E-state index is 0.204. The topological polar surface area (TPSA) is 48.5 Å². The summed E-state index contributed by atoms with van der Waals surface area (Å²) in [6.07, 6.45) is 17.5. The fourth-order valence-electron chi connectivity index (χ4n) is 6.72. The molecule has 1 unspecified atom stereocenters. The molecule has 0 bridgehead atoms. The molecule has 5 nitrogen and oxygen atoms in total. The molecule has 3 aromatic rings. The van der Waals surface area contributed by atoms with Gasteiger partial charge in [0.15, 0.2) is 0 Å². The standard InChI is InChI=1S/C30H40N4S2.C8H6O/c1-31-25-15-20-34(21-16-25)22-18-30(17-7-5-10-24-9-3-4-11-26(24)30)23-33(2)36-29-14-13-28(35-29)27-12-6-8-19-32-27;9-7-6-8-4-2-1-3-5-8/h3-4,6,8-9,11-14,19,25,31H,5,7,10,15-18,20-23H2,1-2H3;2,4-5,7H,6H2. The van der Waals surface area contributed by atoms with Crippen LogP contribution in [0.2, 0.25) is 0 Å². The SMILES string of the molecule is CNC1CCN(CCC2(CN(C)Sc3ccc(-c4ccccn4)s3)CCCCc3ccccc32)CC1.O=CCC1=CC=C=C=C1. The molecule has 2 aromatic heterocycles. The molecule has 0 saturated carbocycles. The molecule has 0 spiro atoms. The number of fused-ring (bicyclic) bond motifs is 1. The predicted molar refractivity (Wildman–Crippen MR) is 190 cm³/mol. The Bertz CT molecular complexity index is 1510. The molecule has 1 N–H and O–H groups in total. The first-order chi connectivity index (χ1) is 22.1. The Morgan fingerprint density at radius 2 is 1.96 bits per heavy atom. The van der Waals surface area contributed by atoms with E-state index in [1.807, 2.05) is 41.6 Å². The quantitative estimate of drug-likeness (QED) is 0.0999. The van der Waals surface area contributed by atoms with Crippen LogP contribution in [0.1, 0.15) is 56.1 Å². The second-order valence-electron chi connectivity index (χ2n) is 12.2. The molecule has 1 saturated heterocycles. The average Bonchev–Trinajstić information content (AvgIpc) is 3.47. The van der Waals surface area contributed by atoms with Gasteiger partial charge in [-0.1, -0.05) is 48.2 Å². The first kappa shape index (κ1) is 33.4. The fraction of sp³-hybridized carbons (Fsp3) is 0.421. The zero-order valence-electron chi connectivity index (χ0n) is 26.7. The predicted octanol–water partition coefficient (Wildman–Crippen LogP) is 7.87. The van der Waals surface area contributed by atoms with E-state index in [2.05, 4.69) is 93.6 Å². The van der Waals surface area contributed by atoms with Crippen LogP contribution in [0.4, 0.5) is 0 Å². The van der Waals surface area contributed by atoms with Crippen LogP contribution in [0.5, 0.6) is 0 Å². The number of hydrogen-bond donors (Lipinski definition) is 1. The molecular weight excluding hydrogens is 593 g/mol. The fourth-order valence-corrected chi connectivity index (χ4v) is 8.98. The zero-order valence-corrected chi connectivity index (χ0v) is 28.3. The van der Waals surface area contributed by atoms with Crippen molar-refractivity contribution in [3.63, 3.8) is 0 Å². The largest absolute Gasteiger partial charge is 0.317 e. The van der Waals surface area contributed by atoms with Gasteiger partial charge in [-0.25, -0.2) is 4.31 Å². The van der Waals surface area contributed by atoms with Crippen LogP contribution in [0.15, 0.2) is 100 Å². The van der Waals surface area contributed by atoms with Gasteiger partial charge in [0.05, 0.1) is 14.8 Å². The lowest BCUT2D eigenvalue weighted by atomic mass is 9.73. The van der Waals surface area contributed by atoms with E-state index in [0.717, 1.165) is 24.1 Å². The molecule has 7 heteroatoms. The molecule has 0 amide bonds. The third-order valence-electron chi connectivity index (χ3n) is 9.15. The number of benzene rings is 1. The van der Waals surface area contributed by atoms with Gasteiger partial charge in [0.2, 0.25) is 0 Å². The summed E-state index contributed by atoms with van der Waals surface area (Å²) in [5.41, 5.74) is 11.0. The Balaban J connectivity index is 0.000000383. The van der Waals surface area contributed by atoms with Gasteiger partial charge in [0.25, 0.3) is 0 Å². The molecular formula is C38H46N4OS2. The number of likely N-dealkylation sites (tertiary alicyclic amines) is 1. The van der Waals surface area contributed by atoms with Crippen LogP contribution in [0.3, 0.4) is 0 Å². The van der Waals surface area contributed by atoms with Crippen molar-refractivity contribution in [3.8, 4) is 10.6 Å². The van der Waals surface area contributed by atoms with Gasteiger partial charge in [-0.2, -0.15) is 0 Å². The smallest absolute Gasteiger partial charge is 0.124 e. The molecule has 1 atom stereocenters. The van der Waals surface area contributed by atoms with Crippen molar-refractivity contribution in [1.29, 1.82) is 0 Å². The summed E-state index contributed by atoms with van der Waals surface area (Å²) in [4.78, 5) is 18.4. The van der Waals surface area contributed by atoms with Crippen molar-refractivity contribution in [2.45, 2.75) is 67.0 Å². The van der Waals surface area contributed by atoms with Crippen molar-refractivity contribution in [2.24, 2.45) is 0 Å². The van der Waals surface area contributed by atoms with Crippen molar-refractivity contribution in [2.75, 3.05) is 40.3 Å². The van der Waals surface area contributed by atoms with Gasteiger partial charge in [0, 0.05) is 30.6 Å². The number of pyridine rings is 1. The Morgan fingerprint density at radius 3 is 2.71 bits per heavy atom. The summed E-state index contributed by atoms with van der Waals surface area (Å²) < 4.78 is 3.84. The molecule has 1 aliphatic heterocycles. The van der Waals surface area contributed by atoms with Crippen LogP contribution in [0, 0.1) is 0 Å². The second kappa shape index (κ2) is 17.1. The van der Waals surface area contributed by atoms with E-state index < -0.39 is 0 Å². The van der Waals surface area contributed by atoms with E-state index in [9.17, 15) is 4.79 Å². The Labute approximate surface area is 278 Å². The molecule has 236 valence electrons. The van der Waals surface area contributed by atoms with E-state index in [0.29, 0.717) is 12.5 Å². The Morgan fingerprint density at radius 1 is 1.11 bits per heavy atom. The van der Waals surface area contributed by atoms with Gasteiger partial charge < -0.3 is 15.0 Å². The molecule has 3 aliphatic rings. The maximum atomic E-state index is 9.95. The number of carbonyl (C=O) groups excluding carboxylic acids is 1. The van der Waals surface area contributed by atoms with Crippen LogP contribution in [0.25, 0.3) is 10.6 Å². The van der Waals surface area contributed by atoms with Crippen molar-refractivity contribution >= 4 is 29.6 Å². The van der Waals surface area contributed by atoms with Crippen LogP contribution < -0.4 is 5.32 Å². The summed E-state index contributed by atoms with van der Waals surface area (Å²) in [6.45, 7) is 4.73. The highest BCUT2D eigenvalue weighted by molar-refractivity contribution is 7.99. The number of rotatable bonds is 11. The third kappa shape index (κ3) is 9.51. The molecule has 2 aliphatic carbocycles. The molecule has 1 aromatic carbocycles. The summed E-state index contributed by atoms with van der Waals surface area (Å²) in [5.74, 6) is 0. The number of aldehydes is 1. The minimum Gasteiger partial charge on any atom is -0.317 e. The number of hydrogen-bond acceptors (Lipinski definition) is 7. The number of carbonyl (C=O) groups is 1. The number of nitrogens with one attached hydrogen (secondary N) is 1. The van der Waals surface area contributed by atoms with Crippen LogP contribution in [-0.4, -0.2) is 66.8 Å². The first-order valence-electron chi connectivity index (χ1n) is 16.3. The number of thiophene rings is 1. The lowest BCUT2D eigenvalue weighted by Crippen LogP contribution is -2.45. The van der Waals surface area contributed by atoms with E-state index in [-0.39, 0.29) is 5.41 Å². The highest BCUT2D eigenvalue weighted by atomic mass is 32.2. The number of allylic oxidation sites excluding steroid dienone is 4. The van der Waals surface area contributed by atoms with Crippen molar-refractivity contribution < 1.29 is 4.79 Å². The van der Waals surface area contributed by atoms with Crippen molar-refractivity contribution in [1.82, 2.24) is 19.5 Å². The second-order valence-corrected chi connectivity index (χ2v) is 14.8. The lowest BCUT2D eigenvalue weighted by Gasteiger charge is -2.40. The first-order valence-corrected chi connectivity index (χ1v) is 17.9. The molecule has 6 rings (SSSR count). The number of likely N-dealkylation sites (N-methyl/N-ethyl adjacent to an activating group) is 1. The van der Waals surface area contributed by atoms with E-state index >= 15 is 0 Å². The molecule has 0 radical (unpaired) electrons. The van der Waals surface area contributed by atoms with E-state index in [1.165, 1.54) is 73.7 Å². The Kier molecular flexibility index (Phi) is 12.7. The molecule has 3 heterocycles. The minimum atomic E-state index is 0.204. The Hall–Kier alpha value is -2.99. The van der Waals surface area contributed by atoms with Gasteiger partial charge in [-0.05, 0) is 143 Å². The molecule has 1 fully saturated rings. The van der Waals surface area contributed by atoms with Gasteiger partial charge in [-0.3, -0.25) is 4.98 Å². The van der Waals surface area contributed by atoms with Gasteiger partial charge in [0.1, 0.15) is 6.29 Å². The highest BCUT2D eigenvalue weighted by Gasteiger charge is 2.37.